The molecule has 1 N–H and O–H groups in total. The Balaban J connectivity index is 4.10. The first-order valence-corrected chi connectivity index (χ1v) is 5.81. The number of nitrogens with one attached hydrogen (secondary N) is 1. The maximum absolute atomic E-state index is 5.14. The molecule has 0 saturated carbocycles. The van der Waals surface area contributed by atoms with Crippen LogP contribution in [0.1, 0.15) is 27.7 Å². The van der Waals surface area contributed by atoms with Gasteiger partial charge in [-0.25, -0.2) is 0 Å². The molecule has 0 heterocycles. The van der Waals surface area contributed by atoms with Crippen LogP contribution in [0.2, 0.25) is 0 Å². The average molecular weight is 216 g/mol. The molecule has 3 heteroatoms. The lowest BCUT2D eigenvalue weighted by atomic mass is 10.0. The van der Waals surface area contributed by atoms with Crippen LogP contribution in [-0.2, 0) is 4.74 Å². The molecule has 0 saturated heterocycles. The predicted octanol–water partition coefficient (Wildman–Crippen LogP) is 1.59. The summed E-state index contributed by atoms with van der Waals surface area (Å²) in [5.41, 5.74) is 0.169. The van der Waals surface area contributed by atoms with Gasteiger partial charge in [-0.05, 0) is 26.8 Å². The topological polar surface area (TPSA) is 24.5 Å². The molecular weight excluding hydrogens is 188 g/mol. The van der Waals surface area contributed by atoms with E-state index in [0.29, 0.717) is 5.92 Å². The number of rotatable bonds is 8. The normalized spacial score (nSPS) is 12.8. The number of hydrogen-bond acceptors (Lipinski definition) is 3. The van der Waals surface area contributed by atoms with Gasteiger partial charge in [0.05, 0.1) is 6.61 Å². The molecule has 0 atom stereocenters. The van der Waals surface area contributed by atoms with Crippen LogP contribution in [-0.4, -0.2) is 50.8 Å². The highest BCUT2D eigenvalue weighted by molar-refractivity contribution is 4.80. The van der Waals surface area contributed by atoms with Crippen LogP contribution < -0.4 is 5.32 Å². The minimum Gasteiger partial charge on any atom is -0.383 e. The van der Waals surface area contributed by atoms with Crippen molar-refractivity contribution in [1.82, 2.24) is 10.2 Å². The minimum atomic E-state index is 0.169. The first kappa shape index (κ1) is 14.9. The van der Waals surface area contributed by atoms with E-state index in [1.807, 2.05) is 7.05 Å². The highest BCUT2D eigenvalue weighted by atomic mass is 16.5. The predicted molar refractivity (Wildman–Crippen MR) is 66.3 cm³/mol. The Hall–Kier alpha value is -0.120. The summed E-state index contributed by atoms with van der Waals surface area (Å²) in [5, 5.41) is 3.34. The molecule has 0 bridgehead atoms. The highest BCUT2D eigenvalue weighted by Crippen LogP contribution is 2.07. The Morgan fingerprint density at radius 1 is 1.33 bits per heavy atom. The van der Waals surface area contributed by atoms with Gasteiger partial charge in [0.2, 0.25) is 0 Å². The van der Waals surface area contributed by atoms with Crippen molar-refractivity contribution in [3.8, 4) is 0 Å². The largest absolute Gasteiger partial charge is 0.383 e. The van der Waals surface area contributed by atoms with Crippen molar-refractivity contribution < 1.29 is 4.74 Å². The second-order valence-electron chi connectivity index (χ2n) is 5.26. The molecule has 0 unspecified atom stereocenters. The van der Waals surface area contributed by atoms with E-state index in [4.69, 9.17) is 4.74 Å². The van der Waals surface area contributed by atoms with Gasteiger partial charge in [0.25, 0.3) is 0 Å². The number of nitrogens with zero attached hydrogens (tertiary/aromatic N) is 1. The summed E-state index contributed by atoms with van der Waals surface area (Å²) in [6.45, 7) is 13.0. The van der Waals surface area contributed by atoms with Gasteiger partial charge in [-0.3, -0.25) is 4.90 Å². The highest BCUT2D eigenvalue weighted by Gasteiger charge is 2.19. The van der Waals surface area contributed by atoms with Crippen LogP contribution in [0.5, 0.6) is 0 Å². The van der Waals surface area contributed by atoms with Crippen molar-refractivity contribution in [3.05, 3.63) is 0 Å². The van der Waals surface area contributed by atoms with Crippen LogP contribution in [0.4, 0.5) is 0 Å². The Morgan fingerprint density at radius 2 is 1.93 bits per heavy atom. The quantitative estimate of drug-likeness (QED) is 0.667. The lowest BCUT2D eigenvalue weighted by Gasteiger charge is -2.33. The summed E-state index contributed by atoms with van der Waals surface area (Å²) in [6.07, 6.45) is 0. The van der Waals surface area contributed by atoms with E-state index in [-0.39, 0.29) is 5.54 Å². The van der Waals surface area contributed by atoms with E-state index in [0.717, 1.165) is 26.2 Å². The van der Waals surface area contributed by atoms with Crippen molar-refractivity contribution in [2.45, 2.75) is 33.2 Å². The van der Waals surface area contributed by atoms with E-state index in [9.17, 15) is 0 Å². The molecule has 15 heavy (non-hydrogen) atoms. The fraction of sp³-hybridized carbons (Fsp3) is 1.00. The second-order valence-corrected chi connectivity index (χ2v) is 5.26. The summed E-state index contributed by atoms with van der Waals surface area (Å²) in [4.78, 5) is 2.46. The van der Waals surface area contributed by atoms with Crippen molar-refractivity contribution in [1.29, 1.82) is 0 Å². The fourth-order valence-corrected chi connectivity index (χ4v) is 1.61. The van der Waals surface area contributed by atoms with Crippen molar-refractivity contribution in [2.75, 3.05) is 40.4 Å². The molecular formula is C12H28N2O. The monoisotopic (exact) mass is 216 g/mol. The molecule has 0 fully saturated rings. The summed E-state index contributed by atoms with van der Waals surface area (Å²) in [7, 11) is 3.78. The molecule has 0 spiro atoms. The van der Waals surface area contributed by atoms with Gasteiger partial charge in [-0.1, -0.05) is 13.8 Å². The molecule has 0 radical (unpaired) electrons. The zero-order valence-electron chi connectivity index (χ0n) is 11.3. The third kappa shape index (κ3) is 7.77. The SMILES string of the molecule is CNC(C)(C)CN(CCOC)CC(C)C. The van der Waals surface area contributed by atoms with Crippen molar-refractivity contribution in [3.63, 3.8) is 0 Å². The Labute approximate surface area is 95.2 Å². The standard InChI is InChI=1S/C12H28N2O/c1-11(2)9-14(7-8-15-6)10-12(3,4)13-5/h11,13H,7-10H2,1-6H3. The second kappa shape index (κ2) is 7.20. The molecule has 0 amide bonds. The number of hydrogen-bond donors (Lipinski definition) is 1. The maximum atomic E-state index is 5.14. The third-order valence-corrected chi connectivity index (χ3v) is 2.53. The number of ether oxygens (including phenoxy) is 1. The van der Waals surface area contributed by atoms with Crippen LogP contribution in [0.3, 0.4) is 0 Å². The van der Waals surface area contributed by atoms with Gasteiger partial charge in [-0.2, -0.15) is 0 Å². The Kier molecular flexibility index (Phi) is 7.14. The zero-order valence-corrected chi connectivity index (χ0v) is 11.3. The summed E-state index contributed by atoms with van der Waals surface area (Å²) in [5.74, 6) is 0.703. The van der Waals surface area contributed by atoms with E-state index in [1.165, 1.54) is 0 Å². The molecule has 0 aliphatic heterocycles. The molecule has 0 rings (SSSR count). The number of methoxy groups -OCH3 is 1. The molecule has 0 aliphatic carbocycles. The summed E-state index contributed by atoms with van der Waals surface area (Å²) >= 11 is 0. The summed E-state index contributed by atoms with van der Waals surface area (Å²) < 4.78 is 5.14. The number of likely N-dealkylation sites (N-methyl/N-ethyl adjacent to an activating group) is 1. The van der Waals surface area contributed by atoms with E-state index in [2.05, 4.69) is 37.9 Å². The summed E-state index contributed by atoms with van der Waals surface area (Å²) in [6, 6.07) is 0. The first-order valence-electron chi connectivity index (χ1n) is 5.81. The zero-order chi connectivity index (χ0) is 11.9. The van der Waals surface area contributed by atoms with E-state index < -0.39 is 0 Å². The molecule has 0 aromatic heterocycles. The lowest BCUT2D eigenvalue weighted by molar-refractivity contribution is 0.121. The van der Waals surface area contributed by atoms with E-state index in [1.54, 1.807) is 7.11 Å². The van der Waals surface area contributed by atoms with E-state index >= 15 is 0 Å². The van der Waals surface area contributed by atoms with Crippen LogP contribution >= 0.6 is 0 Å². The van der Waals surface area contributed by atoms with Crippen molar-refractivity contribution in [2.24, 2.45) is 5.92 Å². The van der Waals surface area contributed by atoms with Gasteiger partial charge in [0, 0.05) is 32.3 Å². The lowest BCUT2D eigenvalue weighted by Crippen LogP contribution is -2.49. The maximum Gasteiger partial charge on any atom is 0.0589 e. The molecule has 0 aromatic carbocycles. The minimum absolute atomic E-state index is 0.169. The first-order chi connectivity index (χ1) is 6.91. The van der Waals surface area contributed by atoms with Crippen LogP contribution in [0, 0.1) is 5.92 Å². The van der Waals surface area contributed by atoms with Crippen LogP contribution in [0.25, 0.3) is 0 Å². The molecule has 0 aromatic rings. The molecule has 0 aliphatic rings. The average Bonchev–Trinajstić information content (AvgIpc) is 2.13. The van der Waals surface area contributed by atoms with Gasteiger partial charge >= 0.3 is 0 Å². The third-order valence-electron chi connectivity index (χ3n) is 2.53. The Bertz CT molecular complexity index is 158. The molecule has 3 nitrogen and oxygen atoms in total. The van der Waals surface area contributed by atoms with Gasteiger partial charge in [0.15, 0.2) is 0 Å². The van der Waals surface area contributed by atoms with Gasteiger partial charge in [-0.15, -0.1) is 0 Å². The van der Waals surface area contributed by atoms with Crippen LogP contribution in [0.15, 0.2) is 0 Å². The van der Waals surface area contributed by atoms with Gasteiger partial charge in [0.1, 0.15) is 0 Å². The van der Waals surface area contributed by atoms with Crippen molar-refractivity contribution >= 4 is 0 Å². The van der Waals surface area contributed by atoms with Gasteiger partial charge < -0.3 is 10.1 Å². The fourth-order valence-electron chi connectivity index (χ4n) is 1.61. The smallest absolute Gasteiger partial charge is 0.0589 e. The molecule has 92 valence electrons. The Morgan fingerprint density at radius 3 is 2.33 bits per heavy atom.